The van der Waals surface area contributed by atoms with Gasteiger partial charge in [-0.3, -0.25) is 4.90 Å². The highest BCUT2D eigenvalue weighted by atomic mass is 15.2. The van der Waals surface area contributed by atoms with Crippen molar-refractivity contribution in [2.75, 3.05) is 18.4 Å². The first-order chi connectivity index (χ1) is 13.4. The third-order valence-corrected chi connectivity index (χ3v) is 6.21. The number of anilines is 1. The predicted molar refractivity (Wildman–Crippen MR) is 112 cm³/mol. The minimum absolute atomic E-state index is 0.484. The van der Waals surface area contributed by atoms with Gasteiger partial charge in [0, 0.05) is 36.8 Å². The molecule has 3 aromatic rings. The van der Waals surface area contributed by atoms with E-state index in [1.165, 1.54) is 35.2 Å². The Morgan fingerprint density at radius 1 is 0.741 bits per heavy atom. The Bertz CT molecular complexity index is 890. The van der Waals surface area contributed by atoms with Crippen LogP contribution in [-0.2, 0) is 0 Å². The topological polar surface area (TPSA) is 15.3 Å². The highest BCUT2D eigenvalue weighted by Gasteiger charge is 2.37. The number of nitrogens with one attached hydrogen (secondary N) is 1. The molecule has 2 nitrogen and oxygen atoms in total. The van der Waals surface area contributed by atoms with Crippen molar-refractivity contribution in [2.24, 2.45) is 0 Å². The van der Waals surface area contributed by atoms with Crippen LogP contribution in [0, 0.1) is 0 Å². The molecule has 27 heavy (non-hydrogen) atoms. The van der Waals surface area contributed by atoms with E-state index in [-0.39, 0.29) is 0 Å². The van der Waals surface area contributed by atoms with Crippen LogP contribution in [0.5, 0.6) is 0 Å². The highest BCUT2D eigenvalue weighted by molar-refractivity contribution is 5.45. The van der Waals surface area contributed by atoms with Crippen molar-refractivity contribution in [3.8, 4) is 0 Å². The third-order valence-electron chi connectivity index (χ3n) is 6.21. The zero-order valence-corrected chi connectivity index (χ0v) is 15.6. The number of fused-ring (bicyclic) bond motifs is 3. The summed E-state index contributed by atoms with van der Waals surface area (Å²) in [5, 5.41) is 3.76. The second kappa shape index (κ2) is 7.21. The average molecular weight is 354 g/mol. The summed E-state index contributed by atoms with van der Waals surface area (Å²) in [6.07, 6.45) is 2.38. The lowest BCUT2D eigenvalue weighted by atomic mass is 9.78. The molecule has 3 aromatic carbocycles. The largest absolute Gasteiger partial charge is 0.382 e. The molecule has 1 saturated heterocycles. The van der Waals surface area contributed by atoms with Gasteiger partial charge in [0.15, 0.2) is 0 Å². The maximum Gasteiger partial charge on any atom is 0.0370 e. The highest BCUT2D eigenvalue weighted by Crippen LogP contribution is 2.43. The summed E-state index contributed by atoms with van der Waals surface area (Å²) in [6, 6.07) is 31.8. The second-order valence-electron chi connectivity index (χ2n) is 7.83. The standard InChI is InChI=1S/C25H26N2/c1-3-9-19(10-4-1)24-18-27-16-15-21(26-20-11-5-2-6-12-20)17-25(27)23-14-8-7-13-22(23)24/h1-14,21,24-26H,15-18H2/t21-,24-,25+/m1/s1. The number of benzene rings is 3. The average Bonchev–Trinajstić information content (AvgIpc) is 2.75. The second-order valence-corrected chi connectivity index (χ2v) is 7.83. The first-order valence-electron chi connectivity index (χ1n) is 10.1. The molecule has 5 rings (SSSR count). The summed E-state index contributed by atoms with van der Waals surface area (Å²) in [7, 11) is 0. The van der Waals surface area contributed by atoms with E-state index in [0.29, 0.717) is 18.0 Å². The molecule has 0 amide bonds. The zero-order valence-electron chi connectivity index (χ0n) is 15.6. The van der Waals surface area contributed by atoms with E-state index in [4.69, 9.17) is 0 Å². The van der Waals surface area contributed by atoms with Crippen LogP contribution in [0.25, 0.3) is 0 Å². The number of rotatable bonds is 3. The molecule has 2 heteroatoms. The Hall–Kier alpha value is -2.58. The molecule has 0 unspecified atom stereocenters. The molecule has 2 heterocycles. The van der Waals surface area contributed by atoms with E-state index in [2.05, 4.69) is 95.1 Å². The summed E-state index contributed by atoms with van der Waals surface area (Å²) < 4.78 is 0. The molecule has 0 bridgehead atoms. The van der Waals surface area contributed by atoms with Gasteiger partial charge >= 0.3 is 0 Å². The van der Waals surface area contributed by atoms with Gasteiger partial charge in [-0.2, -0.15) is 0 Å². The maximum atomic E-state index is 3.76. The minimum Gasteiger partial charge on any atom is -0.382 e. The van der Waals surface area contributed by atoms with E-state index >= 15 is 0 Å². The van der Waals surface area contributed by atoms with Crippen molar-refractivity contribution in [3.63, 3.8) is 0 Å². The lowest BCUT2D eigenvalue weighted by molar-refractivity contribution is 0.123. The fourth-order valence-corrected chi connectivity index (χ4v) is 4.89. The number of hydrogen-bond donors (Lipinski definition) is 1. The van der Waals surface area contributed by atoms with Gasteiger partial charge in [0.25, 0.3) is 0 Å². The van der Waals surface area contributed by atoms with Crippen molar-refractivity contribution in [3.05, 3.63) is 102 Å². The Morgan fingerprint density at radius 3 is 2.19 bits per heavy atom. The fourth-order valence-electron chi connectivity index (χ4n) is 4.89. The Morgan fingerprint density at radius 2 is 1.41 bits per heavy atom. The summed E-state index contributed by atoms with van der Waals surface area (Å²) in [5.74, 6) is 0.484. The van der Waals surface area contributed by atoms with Gasteiger partial charge < -0.3 is 5.32 Å². The van der Waals surface area contributed by atoms with E-state index in [1.54, 1.807) is 0 Å². The lowest BCUT2D eigenvalue weighted by Crippen LogP contribution is -2.46. The fraction of sp³-hybridized carbons (Fsp3) is 0.280. The number of hydrogen-bond acceptors (Lipinski definition) is 2. The molecule has 0 radical (unpaired) electrons. The smallest absolute Gasteiger partial charge is 0.0370 e. The molecule has 0 saturated carbocycles. The monoisotopic (exact) mass is 354 g/mol. The summed E-state index contributed by atoms with van der Waals surface area (Å²) in [4.78, 5) is 2.71. The summed E-state index contributed by atoms with van der Waals surface area (Å²) in [6.45, 7) is 2.29. The van der Waals surface area contributed by atoms with Crippen LogP contribution in [0.4, 0.5) is 5.69 Å². The number of para-hydroxylation sites is 1. The summed E-state index contributed by atoms with van der Waals surface area (Å²) >= 11 is 0. The van der Waals surface area contributed by atoms with Crippen LogP contribution in [0.3, 0.4) is 0 Å². The first-order valence-corrected chi connectivity index (χ1v) is 10.1. The van der Waals surface area contributed by atoms with Gasteiger partial charge in [-0.1, -0.05) is 72.8 Å². The molecular weight excluding hydrogens is 328 g/mol. The Labute approximate surface area is 161 Å². The van der Waals surface area contributed by atoms with Gasteiger partial charge in [0.05, 0.1) is 0 Å². The van der Waals surface area contributed by atoms with Crippen LogP contribution in [-0.4, -0.2) is 24.0 Å². The molecule has 1 fully saturated rings. The van der Waals surface area contributed by atoms with E-state index in [1.807, 2.05) is 0 Å². The van der Waals surface area contributed by atoms with E-state index in [0.717, 1.165) is 13.1 Å². The van der Waals surface area contributed by atoms with Gasteiger partial charge in [0.2, 0.25) is 0 Å². The molecule has 0 aromatic heterocycles. The zero-order chi connectivity index (χ0) is 18.1. The number of nitrogens with zero attached hydrogens (tertiary/aromatic N) is 1. The van der Waals surface area contributed by atoms with Crippen molar-refractivity contribution in [1.29, 1.82) is 0 Å². The van der Waals surface area contributed by atoms with E-state index in [9.17, 15) is 0 Å². The molecule has 3 atom stereocenters. The SMILES string of the molecule is c1ccc(N[C@@H]2CCN3C[C@H](c4ccccc4)c4ccccc4[C@@H]3C2)cc1. The predicted octanol–water partition coefficient (Wildman–Crippen LogP) is 5.45. The molecule has 0 spiro atoms. The van der Waals surface area contributed by atoms with Crippen LogP contribution in [0.15, 0.2) is 84.9 Å². The Kier molecular flexibility index (Phi) is 4.43. The molecule has 2 aliphatic heterocycles. The molecule has 2 aliphatic rings. The normalized spacial score (nSPS) is 24.7. The maximum absolute atomic E-state index is 3.76. The lowest BCUT2D eigenvalue weighted by Gasteiger charge is -2.46. The third kappa shape index (κ3) is 3.26. The van der Waals surface area contributed by atoms with E-state index < -0.39 is 0 Å². The van der Waals surface area contributed by atoms with Crippen LogP contribution in [0.2, 0.25) is 0 Å². The van der Waals surface area contributed by atoms with Crippen LogP contribution >= 0.6 is 0 Å². The van der Waals surface area contributed by atoms with Gasteiger partial charge in [-0.15, -0.1) is 0 Å². The van der Waals surface area contributed by atoms with Crippen LogP contribution < -0.4 is 5.32 Å². The quantitative estimate of drug-likeness (QED) is 0.673. The molecule has 136 valence electrons. The van der Waals surface area contributed by atoms with Gasteiger partial charge in [0.1, 0.15) is 0 Å². The van der Waals surface area contributed by atoms with Crippen LogP contribution in [0.1, 0.15) is 41.5 Å². The molecule has 1 N–H and O–H groups in total. The number of piperidine rings is 1. The Balaban J connectivity index is 1.43. The molecule has 0 aliphatic carbocycles. The van der Waals surface area contributed by atoms with Gasteiger partial charge in [-0.05, 0) is 41.7 Å². The summed E-state index contributed by atoms with van der Waals surface area (Å²) in [5.41, 5.74) is 5.72. The van der Waals surface area contributed by atoms with Crippen molar-refractivity contribution in [1.82, 2.24) is 4.90 Å². The minimum atomic E-state index is 0.484. The first kappa shape index (κ1) is 16.6. The van der Waals surface area contributed by atoms with Crippen molar-refractivity contribution >= 4 is 5.69 Å². The van der Waals surface area contributed by atoms with Crippen molar-refractivity contribution < 1.29 is 0 Å². The van der Waals surface area contributed by atoms with Gasteiger partial charge in [-0.25, -0.2) is 0 Å². The molecular formula is C25H26N2. The van der Waals surface area contributed by atoms with Crippen molar-refractivity contribution in [2.45, 2.75) is 30.8 Å².